The predicted octanol–water partition coefficient (Wildman–Crippen LogP) is 2.92. The molecular formula is C12H11BrN4O2. The topological polar surface area (TPSA) is 86.1 Å². The third-order valence-electron chi connectivity index (χ3n) is 3.29. The van der Waals surface area contributed by atoms with Crippen LogP contribution < -0.4 is 4.90 Å². The molecule has 1 unspecified atom stereocenters. The van der Waals surface area contributed by atoms with Crippen molar-refractivity contribution in [2.75, 3.05) is 18.5 Å². The quantitative estimate of drug-likeness (QED) is 0.363. The summed E-state index contributed by atoms with van der Waals surface area (Å²) in [6.45, 7) is 1.32. The molecular weight excluding hydrogens is 312 g/mol. The first-order valence-corrected chi connectivity index (χ1v) is 6.34. The van der Waals surface area contributed by atoms with Gasteiger partial charge in [-0.1, -0.05) is 21.0 Å². The lowest BCUT2D eigenvalue weighted by molar-refractivity contribution is -0.124. The molecule has 0 bridgehead atoms. The number of nitrogens with zero attached hydrogens (tertiary/aromatic N) is 4. The molecule has 0 saturated carbocycles. The summed E-state index contributed by atoms with van der Waals surface area (Å²) in [4.78, 5) is 28.9. The van der Waals surface area contributed by atoms with E-state index in [1.165, 1.54) is 11.8 Å². The first-order chi connectivity index (χ1) is 8.91. The van der Waals surface area contributed by atoms with Gasteiger partial charge >= 0.3 is 0 Å². The Bertz CT molecular complexity index is 624. The fraction of sp³-hybridized carbons (Fsp3) is 0.333. The Morgan fingerprint density at radius 3 is 2.79 bits per heavy atom. The van der Waals surface area contributed by atoms with Crippen molar-refractivity contribution < 1.29 is 9.59 Å². The lowest BCUT2D eigenvalue weighted by Crippen LogP contribution is -2.51. The van der Waals surface area contributed by atoms with Crippen molar-refractivity contribution in [1.82, 2.24) is 0 Å². The maximum Gasteiger partial charge on any atom is 0.240 e. The van der Waals surface area contributed by atoms with E-state index in [9.17, 15) is 9.59 Å². The van der Waals surface area contributed by atoms with Crippen LogP contribution >= 0.6 is 15.9 Å². The van der Waals surface area contributed by atoms with Crippen LogP contribution in [0.3, 0.4) is 0 Å². The van der Waals surface area contributed by atoms with Crippen molar-refractivity contribution >= 4 is 33.3 Å². The van der Waals surface area contributed by atoms with Gasteiger partial charge in [0.1, 0.15) is 5.41 Å². The second kappa shape index (κ2) is 4.68. The zero-order chi connectivity index (χ0) is 14.2. The zero-order valence-electron chi connectivity index (χ0n) is 10.4. The van der Waals surface area contributed by atoms with E-state index in [0.717, 1.165) is 4.47 Å². The van der Waals surface area contributed by atoms with Gasteiger partial charge < -0.3 is 4.90 Å². The van der Waals surface area contributed by atoms with Crippen LogP contribution in [0.25, 0.3) is 10.4 Å². The lowest BCUT2D eigenvalue weighted by Gasteiger charge is -2.36. The average molecular weight is 323 g/mol. The van der Waals surface area contributed by atoms with Crippen LogP contribution in [0.1, 0.15) is 17.3 Å². The lowest BCUT2D eigenvalue weighted by atomic mass is 9.77. The average Bonchev–Trinajstić information content (AvgIpc) is 2.41. The van der Waals surface area contributed by atoms with Gasteiger partial charge in [0, 0.05) is 28.5 Å². The van der Waals surface area contributed by atoms with E-state index >= 15 is 0 Å². The first kappa shape index (κ1) is 13.6. The molecule has 98 valence electrons. The highest BCUT2D eigenvalue weighted by Crippen LogP contribution is 2.38. The van der Waals surface area contributed by atoms with E-state index < -0.39 is 5.41 Å². The van der Waals surface area contributed by atoms with Gasteiger partial charge in [-0.2, -0.15) is 0 Å². The Kier molecular flexibility index (Phi) is 3.34. The van der Waals surface area contributed by atoms with Crippen molar-refractivity contribution in [3.05, 3.63) is 38.7 Å². The van der Waals surface area contributed by atoms with Crippen LogP contribution in [0.2, 0.25) is 0 Å². The van der Waals surface area contributed by atoms with Gasteiger partial charge in [0.2, 0.25) is 5.91 Å². The van der Waals surface area contributed by atoms with Gasteiger partial charge in [-0.15, -0.1) is 0 Å². The molecule has 0 fully saturated rings. The van der Waals surface area contributed by atoms with Gasteiger partial charge in [-0.05, 0) is 30.7 Å². The molecule has 1 aromatic rings. The number of benzene rings is 1. The molecule has 1 aliphatic heterocycles. The van der Waals surface area contributed by atoms with Crippen LogP contribution in [-0.2, 0) is 4.79 Å². The number of fused-ring (bicyclic) bond motifs is 1. The molecule has 0 aliphatic carbocycles. The molecule has 7 heteroatoms. The Labute approximate surface area is 118 Å². The number of hydrogen-bond acceptors (Lipinski definition) is 3. The van der Waals surface area contributed by atoms with Crippen molar-refractivity contribution in [2.45, 2.75) is 6.92 Å². The van der Waals surface area contributed by atoms with Crippen LogP contribution in [0.5, 0.6) is 0 Å². The van der Waals surface area contributed by atoms with Crippen LogP contribution in [0.4, 0.5) is 5.69 Å². The Balaban J connectivity index is 2.61. The number of Topliss-reactive ketones (excluding diaryl/α,β-unsaturated/α-hetero) is 1. The number of halogens is 1. The van der Waals surface area contributed by atoms with Crippen molar-refractivity contribution in [3.8, 4) is 0 Å². The zero-order valence-corrected chi connectivity index (χ0v) is 12.0. The van der Waals surface area contributed by atoms with Crippen LogP contribution in [0.15, 0.2) is 27.8 Å². The minimum Gasteiger partial charge on any atom is -0.314 e. The van der Waals surface area contributed by atoms with Crippen molar-refractivity contribution in [2.24, 2.45) is 10.5 Å². The Morgan fingerprint density at radius 1 is 1.47 bits per heavy atom. The molecule has 0 N–H and O–H groups in total. The molecule has 0 spiro atoms. The highest BCUT2D eigenvalue weighted by atomic mass is 79.9. The highest BCUT2D eigenvalue weighted by molar-refractivity contribution is 9.10. The van der Waals surface area contributed by atoms with E-state index in [2.05, 4.69) is 26.0 Å². The smallest absolute Gasteiger partial charge is 0.240 e. The van der Waals surface area contributed by atoms with Gasteiger partial charge in [-0.25, -0.2) is 0 Å². The molecule has 0 saturated heterocycles. The molecule has 1 atom stereocenters. The number of carbonyl (C=O) groups excluding carboxylic acids is 2. The second-order valence-corrected chi connectivity index (χ2v) is 5.49. The summed E-state index contributed by atoms with van der Waals surface area (Å²) in [5.41, 5.74) is 8.08. The molecule has 1 aromatic carbocycles. The third-order valence-corrected chi connectivity index (χ3v) is 3.79. The van der Waals surface area contributed by atoms with E-state index in [1.54, 1.807) is 25.2 Å². The summed E-state index contributed by atoms with van der Waals surface area (Å²) < 4.78 is 0.758. The number of anilines is 1. The molecule has 1 heterocycles. The first-order valence-electron chi connectivity index (χ1n) is 5.55. The Hall–Kier alpha value is -1.85. The van der Waals surface area contributed by atoms with Crippen molar-refractivity contribution in [3.63, 3.8) is 0 Å². The monoisotopic (exact) mass is 322 g/mol. The number of ketones is 1. The summed E-state index contributed by atoms with van der Waals surface area (Å²) >= 11 is 3.31. The second-order valence-electron chi connectivity index (χ2n) is 4.58. The van der Waals surface area contributed by atoms with Crippen molar-refractivity contribution in [1.29, 1.82) is 0 Å². The minimum atomic E-state index is -1.34. The summed E-state index contributed by atoms with van der Waals surface area (Å²) in [6.07, 6.45) is 0. The number of carbonyl (C=O) groups is 2. The van der Waals surface area contributed by atoms with Crippen LogP contribution in [-0.4, -0.2) is 25.3 Å². The van der Waals surface area contributed by atoms with Gasteiger partial charge in [-0.3, -0.25) is 9.59 Å². The van der Waals surface area contributed by atoms with E-state index in [0.29, 0.717) is 11.3 Å². The van der Waals surface area contributed by atoms with Crippen LogP contribution in [0, 0.1) is 5.41 Å². The fourth-order valence-corrected chi connectivity index (χ4v) is 2.53. The summed E-state index contributed by atoms with van der Waals surface area (Å²) in [7, 11) is 1.61. The number of rotatable bonds is 2. The maximum absolute atomic E-state index is 12.5. The summed E-state index contributed by atoms with van der Waals surface area (Å²) in [5.74, 6) is -0.681. The fourth-order valence-electron chi connectivity index (χ4n) is 2.17. The molecule has 2 rings (SSSR count). The number of amides is 1. The SMILES string of the molecule is CN1C(=O)C(C)(CN=[N+]=[N-])C(=O)c2cc(Br)ccc21. The molecule has 1 aliphatic rings. The highest BCUT2D eigenvalue weighted by Gasteiger charge is 2.47. The maximum atomic E-state index is 12.5. The minimum absolute atomic E-state index is 0.183. The van der Waals surface area contributed by atoms with Gasteiger partial charge in [0.25, 0.3) is 0 Å². The van der Waals surface area contributed by atoms with Gasteiger partial charge in [0.15, 0.2) is 5.78 Å². The summed E-state index contributed by atoms with van der Waals surface area (Å²) in [5, 5.41) is 3.40. The third kappa shape index (κ3) is 2.01. The molecule has 6 nitrogen and oxygen atoms in total. The molecule has 0 aromatic heterocycles. The molecule has 0 radical (unpaired) electrons. The molecule has 1 amide bonds. The van der Waals surface area contributed by atoms with E-state index in [4.69, 9.17) is 5.53 Å². The Morgan fingerprint density at radius 2 is 2.16 bits per heavy atom. The standard InChI is InChI=1S/C12H11BrN4O2/c1-12(6-15-16-14)10(18)8-5-7(13)3-4-9(8)17(2)11(12)19/h3-5H,6H2,1-2H3. The largest absolute Gasteiger partial charge is 0.314 e. The van der Waals surface area contributed by atoms with E-state index in [1.807, 2.05) is 0 Å². The number of hydrogen-bond donors (Lipinski definition) is 0. The van der Waals surface area contributed by atoms with E-state index in [-0.39, 0.29) is 18.2 Å². The normalized spacial score (nSPS) is 21.9. The number of azide groups is 1. The molecule has 19 heavy (non-hydrogen) atoms. The van der Waals surface area contributed by atoms with Gasteiger partial charge in [0.05, 0.1) is 5.69 Å². The summed E-state index contributed by atoms with van der Waals surface area (Å²) in [6, 6.07) is 5.16. The predicted molar refractivity (Wildman–Crippen MR) is 74.0 cm³/mol.